The Labute approximate surface area is 114 Å². The summed E-state index contributed by atoms with van der Waals surface area (Å²) in [6.07, 6.45) is 0.816. The highest BCUT2D eigenvalue weighted by molar-refractivity contribution is 5.29. The number of hydrogen-bond donors (Lipinski definition) is 1. The molecule has 19 heavy (non-hydrogen) atoms. The highest BCUT2D eigenvalue weighted by atomic mass is 16.5. The fourth-order valence-corrected chi connectivity index (χ4v) is 2.23. The quantitative estimate of drug-likeness (QED) is 0.856. The summed E-state index contributed by atoms with van der Waals surface area (Å²) in [6.45, 7) is 2.85. The minimum absolute atomic E-state index is 0.143. The molecule has 2 heteroatoms. The molecule has 0 bridgehead atoms. The molecule has 0 saturated heterocycles. The smallest absolute Gasteiger partial charge is 0.119 e. The third-order valence-corrected chi connectivity index (χ3v) is 3.33. The number of hydrogen-bond acceptors (Lipinski definition) is 2. The largest absolute Gasteiger partial charge is 0.494 e. The van der Waals surface area contributed by atoms with Crippen LogP contribution in [0.1, 0.15) is 23.5 Å². The molecule has 0 aliphatic carbocycles. The van der Waals surface area contributed by atoms with Gasteiger partial charge in [0.25, 0.3) is 0 Å². The zero-order chi connectivity index (χ0) is 13.5. The second-order valence-corrected chi connectivity index (χ2v) is 4.69. The molecule has 0 aliphatic rings. The molecule has 0 aromatic heterocycles. The topological polar surface area (TPSA) is 29.5 Å². The minimum Gasteiger partial charge on any atom is -0.494 e. The van der Waals surface area contributed by atoms with Crippen molar-refractivity contribution in [2.75, 3.05) is 13.2 Å². The van der Waals surface area contributed by atoms with Crippen LogP contribution >= 0.6 is 0 Å². The van der Waals surface area contributed by atoms with Crippen LogP contribution in [0.15, 0.2) is 54.6 Å². The Bertz CT molecular complexity index is 494. The van der Waals surface area contributed by atoms with Gasteiger partial charge < -0.3 is 9.84 Å². The maximum atomic E-state index is 9.55. The molecule has 1 unspecified atom stereocenters. The average molecular weight is 256 g/mol. The van der Waals surface area contributed by atoms with Gasteiger partial charge in [-0.2, -0.15) is 0 Å². The van der Waals surface area contributed by atoms with Crippen molar-refractivity contribution < 1.29 is 9.84 Å². The lowest BCUT2D eigenvalue weighted by Crippen LogP contribution is -2.10. The summed E-state index contributed by atoms with van der Waals surface area (Å²) in [4.78, 5) is 0. The van der Waals surface area contributed by atoms with E-state index in [0.29, 0.717) is 6.61 Å². The fourth-order valence-electron chi connectivity index (χ4n) is 2.23. The van der Waals surface area contributed by atoms with E-state index in [2.05, 4.69) is 19.1 Å². The molecule has 0 heterocycles. The van der Waals surface area contributed by atoms with Crippen molar-refractivity contribution in [1.82, 2.24) is 0 Å². The van der Waals surface area contributed by atoms with Gasteiger partial charge in [-0.1, -0.05) is 42.5 Å². The minimum atomic E-state index is 0.143. The van der Waals surface area contributed by atoms with Crippen LogP contribution in [0.2, 0.25) is 0 Å². The molecule has 0 spiro atoms. The second kappa shape index (κ2) is 6.95. The summed E-state index contributed by atoms with van der Waals surface area (Å²) >= 11 is 0. The molecular formula is C17H20O2. The molecule has 100 valence electrons. The highest BCUT2D eigenvalue weighted by Crippen LogP contribution is 2.23. The van der Waals surface area contributed by atoms with Crippen LogP contribution in [0.4, 0.5) is 0 Å². The van der Waals surface area contributed by atoms with Gasteiger partial charge in [-0.15, -0.1) is 0 Å². The summed E-state index contributed by atoms with van der Waals surface area (Å²) in [5.41, 5.74) is 2.43. The van der Waals surface area contributed by atoms with Crippen LogP contribution in [0.3, 0.4) is 0 Å². The van der Waals surface area contributed by atoms with Crippen LogP contribution in [-0.2, 0) is 0 Å². The van der Waals surface area contributed by atoms with Gasteiger partial charge in [-0.3, -0.25) is 0 Å². The lowest BCUT2D eigenvalue weighted by Gasteiger charge is -2.17. The monoisotopic (exact) mass is 256 g/mol. The Morgan fingerprint density at radius 3 is 2.37 bits per heavy atom. The number of ether oxygens (including phenoxy) is 1. The first-order chi connectivity index (χ1) is 9.31. The predicted octanol–water partition coefficient (Wildman–Crippen LogP) is 3.54. The molecule has 2 rings (SSSR count). The first kappa shape index (κ1) is 13.6. The summed E-state index contributed by atoms with van der Waals surface area (Å²) in [5.74, 6) is 1.02. The third-order valence-electron chi connectivity index (χ3n) is 3.33. The van der Waals surface area contributed by atoms with E-state index in [-0.39, 0.29) is 12.5 Å². The fraction of sp³-hybridized carbons (Fsp3) is 0.294. The van der Waals surface area contributed by atoms with Gasteiger partial charge in [-0.25, -0.2) is 0 Å². The molecule has 0 radical (unpaired) electrons. The molecule has 2 aromatic rings. The van der Waals surface area contributed by atoms with Crippen molar-refractivity contribution in [3.63, 3.8) is 0 Å². The maximum absolute atomic E-state index is 9.55. The Kier molecular flexibility index (Phi) is 4.99. The van der Waals surface area contributed by atoms with E-state index in [9.17, 15) is 5.11 Å². The van der Waals surface area contributed by atoms with Gasteiger partial charge in [0.2, 0.25) is 0 Å². The maximum Gasteiger partial charge on any atom is 0.119 e. The standard InChI is InChI=1S/C17H20O2/c1-14-7-5-6-10-17(14)15(13-18)11-12-19-16-8-3-2-4-9-16/h2-10,15,18H,11-13H2,1H3. The lowest BCUT2D eigenvalue weighted by molar-refractivity contribution is 0.229. The van der Waals surface area contributed by atoms with Crippen molar-refractivity contribution in [3.05, 3.63) is 65.7 Å². The number of para-hydroxylation sites is 1. The van der Waals surface area contributed by atoms with Crippen LogP contribution in [0.5, 0.6) is 5.75 Å². The number of rotatable bonds is 6. The highest BCUT2D eigenvalue weighted by Gasteiger charge is 2.12. The third kappa shape index (κ3) is 3.83. The van der Waals surface area contributed by atoms with E-state index < -0.39 is 0 Å². The summed E-state index contributed by atoms with van der Waals surface area (Å²) in [6, 6.07) is 18.0. The number of benzene rings is 2. The number of aliphatic hydroxyl groups is 1. The zero-order valence-electron chi connectivity index (χ0n) is 11.3. The Morgan fingerprint density at radius 2 is 1.68 bits per heavy atom. The van der Waals surface area contributed by atoms with Crippen LogP contribution < -0.4 is 4.74 Å². The Morgan fingerprint density at radius 1 is 1.00 bits per heavy atom. The van der Waals surface area contributed by atoms with Crippen LogP contribution in [0.25, 0.3) is 0 Å². The van der Waals surface area contributed by atoms with Crippen molar-refractivity contribution in [3.8, 4) is 5.75 Å². The average Bonchev–Trinajstić information content (AvgIpc) is 2.46. The van der Waals surface area contributed by atoms with Gasteiger partial charge >= 0.3 is 0 Å². The summed E-state index contributed by atoms with van der Waals surface area (Å²) < 4.78 is 5.69. The van der Waals surface area contributed by atoms with E-state index in [0.717, 1.165) is 12.2 Å². The van der Waals surface area contributed by atoms with Crippen LogP contribution in [0, 0.1) is 6.92 Å². The number of aryl methyl sites for hydroxylation is 1. The van der Waals surface area contributed by atoms with Gasteiger partial charge in [0.1, 0.15) is 5.75 Å². The van der Waals surface area contributed by atoms with E-state index in [1.54, 1.807) is 0 Å². The Hall–Kier alpha value is -1.80. The molecule has 2 nitrogen and oxygen atoms in total. The SMILES string of the molecule is Cc1ccccc1C(CO)CCOc1ccccc1. The normalized spacial score (nSPS) is 12.1. The van der Waals surface area contributed by atoms with Crippen molar-refractivity contribution in [2.24, 2.45) is 0 Å². The van der Waals surface area contributed by atoms with E-state index in [1.165, 1.54) is 11.1 Å². The molecule has 0 fully saturated rings. The first-order valence-electron chi connectivity index (χ1n) is 6.65. The molecule has 0 aliphatic heterocycles. The van der Waals surface area contributed by atoms with Crippen LogP contribution in [-0.4, -0.2) is 18.3 Å². The molecule has 1 N–H and O–H groups in total. The van der Waals surface area contributed by atoms with Gasteiger partial charge in [0, 0.05) is 5.92 Å². The molecule has 0 saturated carbocycles. The van der Waals surface area contributed by atoms with E-state index in [4.69, 9.17) is 4.74 Å². The zero-order valence-corrected chi connectivity index (χ0v) is 11.3. The van der Waals surface area contributed by atoms with Gasteiger partial charge in [0.05, 0.1) is 13.2 Å². The van der Waals surface area contributed by atoms with E-state index >= 15 is 0 Å². The van der Waals surface area contributed by atoms with Crippen molar-refractivity contribution in [2.45, 2.75) is 19.3 Å². The number of aliphatic hydroxyl groups excluding tert-OH is 1. The first-order valence-corrected chi connectivity index (χ1v) is 6.65. The lowest BCUT2D eigenvalue weighted by atomic mass is 9.93. The van der Waals surface area contributed by atoms with Crippen molar-refractivity contribution >= 4 is 0 Å². The predicted molar refractivity (Wildman–Crippen MR) is 77.6 cm³/mol. The summed E-state index contributed by atoms with van der Waals surface area (Å²) in [5, 5.41) is 9.55. The Balaban J connectivity index is 1.92. The molecule has 1 atom stereocenters. The van der Waals surface area contributed by atoms with E-state index in [1.807, 2.05) is 42.5 Å². The van der Waals surface area contributed by atoms with Crippen molar-refractivity contribution in [1.29, 1.82) is 0 Å². The molecule has 0 amide bonds. The second-order valence-electron chi connectivity index (χ2n) is 4.69. The van der Waals surface area contributed by atoms with Gasteiger partial charge in [-0.05, 0) is 36.6 Å². The summed E-state index contributed by atoms with van der Waals surface area (Å²) in [7, 11) is 0. The molecule has 2 aromatic carbocycles. The van der Waals surface area contributed by atoms with Gasteiger partial charge in [0.15, 0.2) is 0 Å². The molecular weight excluding hydrogens is 236 g/mol.